The summed E-state index contributed by atoms with van der Waals surface area (Å²) in [5.74, 6) is -1.17. The van der Waals surface area contributed by atoms with Gasteiger partial charge in [-0.1, -0.05) is 24.3 Å². The third kappa shape index (κ3) is 4.99. The first-order valence-electron chi connectivity index (χ1n) is 11.9. The number of rotatable bonds is 4. The monoisotopic (exact) mass is 495 g/mol. The van der Waals surface area contributed by atoms with Gasteiger partial charge < -0.3 is 9.80 Å². The fraction of sp³-hybridized carbons (Fsp3) is 0.333. The zero-order chi connectivity index (χ0) is 24.4. The van der Waals surface area contributed by atoms with Crippen LogP contribution in [-0.2, 0) is 11.2 Å². The van der Waals surface area contributed by atoms with E-state index in [0.29, 0.717) is 39.1 Å². The van der Waals surface area contributed by atoms with E-state index in [9.17, 15) is 18.4 Å². The van der Waals surface area contributed by atoms with Gasteiger partial charge in [0, 0.05) is 37.6 Å². The van der Waals surface area contributed by atoms with Crippen molar-refractivity contribution in [3.05, 3.63) is 93.2 Å². The maximum absolute atomic E-state index is 14.1. The van der Waals surface area contributed by atoms with Crippen molar-refractivity contribution in [1.82, 2.24) is 14.7 Å². The Morgan fingerprint density at radius 3 is 2.54 bits per heavy atom. The lowest BCUT2D eigenvalue weighted by Gasteiger charge is -2.37. The fourth-order valence-electron chi connectivity index (χ4n) is 5.05. The van der Waals surface area contributed by atoms with Crippen molar-refractivity contribution < 1.29 is 18.4 Å². The normalized spacial score (nSPS) is 18.7. The lowest BCUT2D eigenvalue weighted by atomic mass is 9.93. The molecule has 5 rings (SSSR count). The van der Waals surface area contributed by atoms with Crippen LogP contribution in [0.3, 0.4) is 0 Å². The van der Waals surface area contributed by atoms with Crippen LogP contribution in [0, 0.1) is 11.6 Å². The second-order valence-corrected chi connectivity index (χ2v) is 9.98. The van der Waals surface area contributed by atoms with Crippen molar-refractivity contribution in [2.24, 2.45) is 0 Å². The number of thiophene rings is 1. The Balaban J connectivity index is 1.28. The molecular formula is C27H27F2N3O2S. The molecular weight excluding hydrogens is 468 g/mol. The molecule has 1 saturated heterocycles. The van der Waals surface area contributed by atoms with Gasteiger partial charge >= 0.3 is 0 Å². The average Bonchev–Trinajstić information content (AvgIpc) is 3.19. The van der Waals surface area contributed by atoms with E-state index < -0.39 is 5.82 Å². The maximum atomic E-state index is 14.1. The molecule has 2 aromatic carbocycles. The predicted octanol–water partition coefficient (Wildman–Crippen LogP) is 4.35. The van der Waals surface area contributed by atoms with Gasteiger partial charge in [-0.15, -0.1) is 11.3 Å². The van der Waals surface area contributed by atoms with E-state index in [-0.39, 0.29) is 35.8 Å². The summed E-state index contributed by atoms with van der Waals surface area (Å²) in [4.78, 5) is 33.0. The molecule has 1 unspecified atom stereocenters. The van der Waals surface area contributed by atoms with Crippen molar-refractivity contribution in [2.45, 2.75) is 18.9 Å². The fourth-order valence-corrected chi connectivity index (χ4v) is 5.96. The second-order valence-electron chi connectivity index (χ2n) is 8.98. The molecule has 0 bridgehead atoms. The average molecular weight is 496 g/mol. The second kappa shape index (κ2) is 10.3. The molecule has 3 heterocycles. The van der Waals surface area contributed by atoms with Crippen LogP contribution in [0.25, 0.3) is 0 Å². The third-order valence-electron chi connectivity index (χ3n) is 6.81. The molecule has 182 valence electrons. The van der Waals surface area contributed by atoms with Gasteiger partial charge in [-0.2, -0.15) is 0 Å². The Morgan fingerprint density at radius 1 is 0.914 bits per heavy atom. The van der Waals surface area contributed by atoms with Crippen LogP contribution in [0.5, 0.6) is 0 Å². The molecule has 2 amide bonds. The van der Waals surface area contributed by atoms with Gasteiger partial charge in [0.05, 0.1) is 18.2 Å². The largest absolute Gasteiger partial charge is 0.340 e. The molecule has 8 heteroatoms. The number of hydrogen-bond donors (Lipinski definition) is 0. The Hall–Kier alpha value is -3.10. The summed E-state index contributed by atoms with van der Waals surface area (Å²) in [7, 11) is 0. The molecule has 2 aliphatic rings. The summed E-state index contributed by atoms with van der Waals surface area (Å²) in [6.45, 7) is 2.72. The quantitative estimate of drug-likeness (QED) is 0.541. The molecule has 1 fully saturated rings. The minimum absolute atomic E-state index is 0.00901. The Morgan fingerprint density at radius 2 is 1.71 bits per heavy atom. The highest BCUT2D eigenvalue weighted by Gasteiger charge is 2.33. The zero-order valence-corrected chi connectivity index (χ0v) is 20.1. The first-order chi connectivity index (χ1) is 17.0. The highest BCUT2D eigenvalue weighted by Crippen LogP contribution is 2.37. The molecule has 2 aliphatic heterocycles. The zero-order valence-electron chi connectivity index (χ0n) is 19.3. The van der Waals surface area contributed by atoms with Gasteiger partial charge in [0.25, 0.3) is 5.91 Å². The summed E-state index contributed by atoms with van der Waals surface area (Å²) >= 11 is 1.70. The Labute approximate surface area is 207 Å². The Kier molecular flexibility index (Phi) is 6.92. The number of nitrogens with zero attached hydrogens (tertiary/aromatic N) is 3. The molecule has 3 aromatic rings. The molecule has 1 aromatic heterocycles. The molecule has 0 radical (unpaired) electrons. The molecule has 0 aliphatic carbocycles. The van der Waals surface area contributed by atoms with Gasteiger partial charge in [0.1, 0.15) is 11.6 Å². The lowest BCUT2D eigenvalue weighted by Crippen LogP contribution is -2.45. The van der Waals surface area contributed by atoms with E-state index in [2.05, 4.69) is 16.3 Å². The van der Waals surface area contributed by atoms with E-state index in [0.717, 1.165) is 17.5 Å². The molecule has 0 N–H and O–H groups in total. The molecule has 1 atom stereocenters. The van der Waals surface area contributed by atoms with Crippen LogP contribution in [0.1, 0.15) is 38.8 Å². The smallest absolute Gasteiger partial charge is 0.256 e. The van der Waals surface area contributed by atoms with Crippen molar-refractivity contribution >= 4 is 23.2 Å². The molecule has 0 saturated carbocycles. The van der Waals surface area contributed by atoms with Gasteiger partial charge in [-0.05, 0) is 59.7 Å². The summed E-state index contributed by atoms with van der Waals surface area (Å²) in [5.41, 5.74) is 2.04. The third-order valence-corrected chi connectivity index (χ3v) is 7.81. The van der Waals surface area contributed by atoms with Crippen LogP contribution in [-0.4, -0.2) is 65.8 Å². The highest BCUT2D eigenvalue weighted by atomic mass is 32.1. The highest BCUT2D eigenvalue weighted by molar-refractivity contribution is 7.10. The maximum Gasteiger partial charge on any atom is 0.256 e. The van der Waals surface area contributed by atoms with Crippen molar-refractivity contribution in [1.29, 1.82) is 0 Å². The summed E-state index contributed by atoms with van der Waals surface area (Å²) in [6.07, 6.45) is 1.49. The first kappa shape index (κ1) is 23.6. The summed E-state index contributed by atoms with van der Waals surface area (Å²) in [5, 5.41) is 2.05. The van der Waals surface area contributed by atoms with E-state index in [1.54, 1.807) is 45.4 Å². The van der Waals surface area contributed by atoms with Gasteiger partial charge in [0.15, 0.2) is 0 Å². The van der Waals surface area contributed by atoms with E-state index >= 15 is 0 Å². The number of fused-ring (bicyclic) bond motifs is 1. The topological polar surface area (TPSA) is 43.9 Å². The van der Waals surface area contributed by atoms with Crippen LogP contribution in [0.15, 0.2) is 60.0 Å². The number of benzene rings is 2. The van der Waals surface area contributed by atoms with E-state index in [4.69, 9.17) is 0 Å². The number of carbonyl (C=O) groups is 2. The van der Waals surface area contributed by atoms with E-state index in [1.165, 1.54) is 23.1 Å². The number of halogens is 2. The van der Waals surface area contributed by atoms with Crippen LogP contribution in [0.4, 0.5) is 8.78 Å². The molecule has 0 spiro atoms. The summed E-state index contributed by atoms with van der Waals surface area (Å²) in [6, 6.07) is 14.5. The van der Waals surface area contributed by atoms with Crippen LogP contribution in [0.2, 0.25) is 0 Å². The van der Waals surface area contributed by atoms with Crippen molar-refractivity contribution in [2.75, 3.05) is 39.3 Å². The first-order valence-corrected chi connectivity index (χ1v) is 12.8. The van der Waals surface area contributed by atoms with Crippen molar-refractivity contribution in [3.8, 4) is 0 Å². The number of amides is 2. The minimum Gasteiger partial charge on any atom is -0.340 e. The van der Waals surface area contributed by atoms with Gasteiger partial charge in [-0.25, -0.2) is 8.78 Å². The lowest BCUT2D eigenvalue weighted by molar-refractivity contribution is -0.132. The van der Waals surface area contributed by atoms with E-state index in [1.807, 2.05) is 6.07 Å². The minimum atomic E-state index is -0.532. The Bertz CT molecular complexity index is 1230. The summed E-state index contributed by atoms with van der Waals surface area (Å²) < 4.78 is 28.2. The molecule has 5 nitrogen and oxygen atoms in total. The van der Waals surface area contributed by atoms with Crippen LogP contribution >= 0.6 is 11.3 Å². The number of hydrogen-bond acceptors (Lipinski definition) is 4. The van der Waals surface area contributed by atoms with Crippen LogP contribution < -0.4 is 0 Å². The SMILES string of the molecule is O=C(CN1CCc2sccc2C1c1cccc(F)c1)N1CCCN(C(=O)c2ccccc2F)CC1. The van der Waals surface area contributed by atoms with Gasteiger partial charge in [0.2, 0.25) is 5.91 Å². The van der Waals surface area contributed by atoms with Gasteiger partial charge in [-0.3, -0.25) is 14.5 Å². The molecule has 35 heavy (non-hydrogen) atoms. The standard InChI is InChI=1S/C27H27F2N3O2S/c28-20-6-3-5-19(17-20)26-22-10-16-35-24(22)9-13-32(26)18-25(33)30-11-4-12-31(15-14-30)27(34)21-7-1-2-8-23(21)29/h1-3,5-8,10,16-17,26H,4,9,11-15,18H2. The predicted molar refractivity (Wildman–Crippen MR) is 131 cm³/mol. The number of carbonyl (C=O) groups excluding carboxylic acids is 2. The van der Waals surface area contributed by atoms with Crippen molar-refractivity contribution in [3.63, 3.8) is 0 Å².